The quantitative estimate of drug-likeness (QED) is 0.704. The summed E-state index contributed by atoms with van der Waals surface area (Å²) in [6.45, 7) is 3.75. The predicted octanol–water partition coefficient (Wildman–Crippen LogP) is 4.33. The molecular formula is C19H17F3N4O2. The third kappa shape index (κ3) is 4.48. The van der Waals surface area contributed by atoms with Gasteiger partial charge >= 0.3 is 6.18 Å². The van der Waals surface area contributed by atoms with Crippen LogP contribution in [0.15, 0.2) is 55.1 Å². The Hall–Kier alpha value is -3.36. The highest BCUT2D eigenvalue weighted by Crippen LogP contribution is 2.33. The van der Waals surface area contributed by atoms with Gasteiger partial charge in [-0.1, -0.05) is 0 Å². The lowest BCUT2D eigenvalue weighted by molar-refractivity contribution is -0.137. The number of carbonyl (C=O) groups is 1. The molecule has 146 valence electrons. The molecular weight excluding hydrogens is 373 g/mol. The summed E-state index contributed by atoms with van der Waals surface area (Å²) in [5, 5.41) is 6.43. The molecule has 0 saturated heterocycles. The van der Waals surface area contributed by atoms with Crippen LogP contribution >= 0.6 is 0 Å². The molecule has 0 spiro atoms. The van der Waals surface area contributed by atoms with E-state index in [2.05, 4.69) is 15.4 Å². The molecule has 0 saturated carbocycles. The summed E-state index contributed by atoms with van der Waals surface area (Å²) >= 11 is 0. The van der Waals surface area contributed by atoms with Gasteiger partial charge in [-0.15, -0.1) is 0 Å². The van der Waals surface area contributed by atoms with Gasteiger partial charge < -0.3 is 10.1 Å². The largest absolute Gasteiger partial charge is 0.491 e. The van der Waals surface area contributed by atoms with Gasteiger partial charge in [0, 0.05) is 5.56 Å². The Morgan fingerprint density at radius 2 is 1.86 bits per heavy atom. The summed E-state index contributed by atoms with van der Waals surface area (Å²) in [5.41, 5.74) is -0.378. The van der Waals surface area contributed by atoms with Crippen LogP contribution in [0.5, 0.6) is 5.75 Å². The van der Waals surface area contributed by atoms with E-state index >= 15 is 0 Å². The molecule has 0 atom stereocenters. The normalized spacial score (nSPS) is 11.5. The maximum atomic E-state index is 13.1. The van der Waals surface area contributed by atoms with Gasteiger partial charge in [-0.05, 0) is 56.3 Å². The van der Waals surface area contributed by atoms with Crippen molar-refractivity contribution in [1.29, 1.82) is 0 Å². The van der Waals surface area contributed by atoms with Crippen LogP contribution in [0.25, 0.3) is 5.69 Å². The lowest BCUT2D eigenvalue weighted by Gasteiger charge is -2.15. The first-order valence-electron chi connectivity index (χ1n) is 8.38. The Morgan fingerprint density at radius 1 is 1.14 bits per heavy atom. The SMILES string of the molecule is CC(C)Oc1ccc(C(=O)Nc2cc(C(F)(F)F)ccc2-n2cncn2)cc1. The van der Waals surface area contributed by atoms with Crippen LogP contribution in [-0.2, 0) is 6.18 Å². The van der Waals surface area contributed by atoms with E-state index in [9.17, 15) is 18.0 Å². The minimum absolute atomic E-state index is 0.0185. The monoisotopic (exact) mass is 390 g/mol. The summed E-state index contributed by atoms with van der Waals surface area (Å²) in [6, 6.07) is 9.34. The maximum Gasteiger partial charge on any atom is 0.416 e. The summed E-state index contributed by atoms with van der Waals surface area (Å²) in [6.07, 6.45) is -1.99. The number of ether oxygens (including phenoxy) is 1. The summed E-state index contributed by atoms with van der Waals surface area (Å²) < 4.78 is 46.1. The fourth-order valence-corrected chi connectivity index (χ4v) is 2.50. The Balaban J connectivity index is 1.90. The van der Waals surface area contributed by atoms with Crippen LogP contribution in [0.2, 0.25) is 0 Å². The van der Waals surface area contributed by atoms with E-state index in [1.807, 2.05) is 13.8 Å². The number of alkyl halides is 3. The number of hydrogen-bond donors (Lipinski definition) is 1. The van der Waals surface area contributed by atoms with Gasteiger partial charge in [-0.2, -0.15) is 18.3 Å². The Kier molecular flexibility index (Phi) is 5.34. The highest BCUT2D eigenvalue weighted by Gasteiger charge is 2.31. The zero-order valence-electron chi connectivity index (χ0n) is 15.1. The van der Waals surface area contributed by atoms with E-state index in [1.54, 1.807) is 12.1 Å². The van der Waals surface area contributed by atoms with Crippen LogP contribution < -0.4 is 10.1 Å². The zero-order valence-corrected chi connectivity index (χ0v) is 15.1. The number of carbonyl (C=O) groups excluding carboxylic acids is 1. The van der Waals surface area contributed by atoms with Crippen molar-refractivity contribution in [3.8, 4) is 11.4 Å². The van der Waals surface area contributed by atoms with Gasteiger partial charge in [0.2, 0.25) is 0 Å². The smallest absolute Gasteiger partial charge is 0.416 e. The number of nitrogens with zero attached hydrogens (tertiary/aromatic N) is 3. The van der Waals surface area contributed by atoms with Crippen LogP contribution in [0, 0.1) is 0 Å². The topological polar surface area (TPSA) is 69.0 Å². The molecule has 28 heavy (non-hydrogen) atoms. The standard InChI is InChI=1S/C19H17F3N4O2/c1-12(2)28-15-6-3-13(4-7-15)18(27)25-16-9-14(19(20,21)22)5-8-17(16)26-11-23-10-24-26/h3-12H,1-2H3,(H,25,27). The molecule has 0 bridgehead atoms. The lowest BCUT2D eigenvalue weighted by atomic mass is 10.1. The maximum absolute atomic E-state index is 13.1. The summed E-state index contributed by atoms with van der Waals surface area (Å²) in [5.74, 6) is 0.0331. The van der Waals surface area contributed by atoms with Gasteiger partial charge in [0.15, 0.2) is 0 Å². The van der Waals surface area contributed by atoms with E-state index in [1.165, 1.54) is 35.5 Å². The molecule has 2 aromatic carbocycles. The Labute approximate surface area is 159 Å². The number of amides is 1. The molecule has 6 nitrogen and oxygen atoms in total. The predicted molar refractivity (Wildman–Crippen MR) is 96.5 cm³/mol. The van der Waals surface area contributed by atoms with Gasteiger partial charge in [-0.3, -0.25) is 4.79 Å². The fourth-order valence-electron chi connectivity index (χ4n) is 2.50. The first-order valence-corrected chi connectivity index (χ1v) is 8.38. The number of benzene rings is 2. The van der Waals surface area contributed by atoms with Gasteiger partial charge in [0.05, 0.1) is 23.0 Å². The number of rotatable bonds is 5. The summed E-state index contributed by atoms with van der Waals surface area (Å²) in [4.78, 5) is 16.3. The first-order chi connectivity index (χ1) is 13.2. The van der Waals surface area contributed by atoms with Gasteiger partial charge in [0.25, 0.3) is 5.91 Å². The number of hydrogen-bond acceptors (Lipinski definition) is 4. The van der Waals surface area contributed by atoms with Crippen molar-refractivity contribution in [1.82, 2.24) is 14.8 Å². The number of aromatic nitrogens is 3. The Morgan fingerprint density at radius 3 is 2.43 bits per heavy atom. The zero-order chi connectivity index (χ0) is 20.3. The molecule has 0 aliphatic carbocycles. The molecule has 1 aromatic heterocycles. The van der Waals surface area contributed by atoms with E-state index in [4.69, 9.17) is 4.74 Å². The van der Waals surface area contributed by atoms with Crippen molar-refractivity contribution in [3.05, 3.63) is 66.2 Å². The number of anilines is 1. The van der Waals surface area contributed by atoms with Crippen LogP contribution in [0.4, 0.5) is 18.9 Å². The second-order valence-corrected chi connectivity index (χ2v) is 6.21. The average Bonchev–Trinajstić information content (AvgIpc) is 3.15. The Bertz CT molecular complexity index is 952. The molecule has 0 aliphatic heterocycles. The average molecular weight is 390 g/mol. The first kappa shape index (κ1) is 19.4. The molecule has 0 radical (unpaired) electrons. The van der Waals surface area contributed by atoms with Crippen molar-refractivity contribution in [2.75, 3.05) is 5.32 Å². The molecule has 1 amide bonds. The highest BCUT2D eigenvalue weighted by molar-refractivity contribution is 6.05. The summed E-state index contributed by atoms with van der Waals surface area (Å²) in [7, 11) is 0. The molecule has 3 rings (SSSR count). The van der Waals surface area contributed by atoms with E-state index in [0.29, 0.717) is 5.75 Å². The number of nitrogens with one attached hydrogen (secondary N) is 1. The number of halogens is 3. The molecule has 1 heterocycles. The van der Waals surface area contributed by atoms with Crippen molar-refractivity contribution >= 4 is 11.6 Å². The van der Waals surface area contributed by atoms with Crippen molar-refractivity contribution < 1.29 is 22.7 Å². The minimum Gasteiger partial charge on any atom is -0.491 e. The molecule has 9 heteroatoms. The third-order valence-corrected chi connectivity index (χ3v) is 3.73. The third-order valence-electron chi connectivity index (χ3n) is 3.73. The van der Waals surface area contributed by atoms with E-state index in [-0.39, 0.29) is 23.0 Å². The molecule has 0 unspecified atom stereocenters. The molecule has 1 N–H and O–H groups in total. The van der Waals surface area contributed by atoms with Gasteiger partial charge in [-0.25, -0.2) is 9.67 Å². The molecule has 0 aliphatic rings. The second kappa shape index (κ2) is 7.71. The lowest BCUT2D eigenvalue weighted by Crippen LogP contribution is -2.16. The van der Waals surface area contributed by atoms with Crippen LogP contribution in [-0.4, -0.2) is 26.8 Å². The second-order valence-electron chi connectivity index (χ2n) is 6.21. The van der Waals surface area contributed by atoms with E-state index < -0.39 is 17.6 Å². The van der Waals surface area contributed by atoms with Crippen LogP contribution in [0.3, 0.4) is 0 Å². The van der Waals surface area contributed by atoms with Crippen molar-refractivity contribution in [2.24, 2.45) is 0 Å². The highest BCUT2D eigenvalue weighted by atomic mass is 19.4. The van der Waals surface area contributed by atoms with Crippen LogP contribution in [0.1, 0.15) is 29.8 Å². The fraction of sp³-hybridized carbons (Fsp3) is 0.211. The molecule has 0 fully saturated rings. The van der Waals surface area contributed by atoms with Crippen molar-refractivity contribution in [3.63, 3.8) is 0 Å². The van der Waals surface area contributed by atoms with Crippen molar-refractivity contribution in [2.45, 2.75) is 26.1 Å². The molecule has 3 aromatic rings. The van der Waals surface area contributed by atoms with E-state index in [0.717, 1.165) is 12.1 Å². The minimum atomic E-state index is -4.55. The van der Waals surface area contributed by atoms with Gasteiger partial charge in [0.1, 0.15) is 18.4 Å².